The highest BCUT2D eigenvalue weighted by Gasteiger charge is 2.22. The van der Waals surface area contributed by atoms with Gasteiger partial charge in [-0.25, -0.2) is 0 Å². The molecule has 0 amide bonds. The average Bonchev–Trinajstić information content (AvgIpc) is 2.75. The number of hydrogen-bond acceptors (Lipinski definition) is 5. The van der Waals surface area contributed by atoms with Gasteiger partial charge in [0, 0.05) is 10.6 Å². The highest BCUT2D eigenvalue weighted by molar-refractivity contribution is 9.10. The van der Waals surface area contributed by atoms with E-state index in [4.69, 9.17) is 32.1 Å². The quantitative estimate of drug-likeness (QED) is 0.170. The number of rotatable bonds is 7. The van der Waals surface area contributed by atoms with Crippen molar-refractivity contribution in [2.75, 3.05) is 6.61 Å². The van der Waals surface area contributed by atoms with Crippen LogP contribution in [0.4, 0.5) is 0 Å². The minimum atomic E-state index is -4.09. The summed E-state index contributed by atoms with van der Waals surface area (Å²) in [5.74, 6) is 0.214. The fourth-order valence-electron chi connectivity index (χ4n) is 2.92. The number of halogens is 3. The van der Waals surface area contributed by atoms with Crippen LogP contribution >= 0.6 is 39.1 Å². The zero-order valence-electron chi connectivity index (χ0n) is 17.6. The predicted molar refractivity (Wildman–Crippen MR) is 134 cm³/mol. The van der Waals surface area contributed by atoms with Gasteiger partial charge in [0.15, 0.2) is 11.5 Å². The molecule has 0 unspecified atom stereocenters. The second-order valence-electron chi connectivity index (χ2n) is 6.91. The molecule has 5 nitrogen and oxygen atoms in total. The molecule has 9 heteroatoms. The van der Waals surface area contributed by atoms with Crippen LogP contribution in [0, 0.1) is 18.3 Å². The SMILES string of the molecule is CCOc1cc(/C=C(\C#N)c2ccc(Cl)cc2Cl)cc(Br)c1OS(=O)(=O)c1ccc(C)cc1. The van der Waals surface area contributed by atoms with Gasteiger partial charge in [-0.3, -0.25) is 0 Å². The van der Waals surface area contributed by atoms with Gasteiger partial charge in [-0.2, -0.15) is 13.7 Å². The molecule has 0 bridgehead atoms. The Morgan fingerprint density at radius 2 is 1.82 bits per heavy atom. The Balaban J connectivity index is 2.04. The van der Waals surface area contributed by atoms with Crippen LogP contribution in [0.25, 0.3) is 11.6 Å². The number of aryl methyl sites for hydroxylation is 1. The third kappa shape index (κ3) is 6.10. The van der Waals surface area contributed by atoms with Crippen molar-refractivity contribution in [3.05, 3.63) is 85.8 Å². The summed E-state index contributed by atoms with van der Waals surface area (Å²) in [6, 6.07) is 16.5. The molecule has 0 saturated carbocycles. The van der Waals surface area contributed by atoms with Crippen molar-refractivity contribution in [3.63, 3.8) is 0 Å². The lowest BCUT2D eigenvalue weighted by atomic mass is 10.0. The second-order valence-corrected chi connectivity index (χ2v) is 10.2. The van der Waals surface area contributed by atoms with Crippen molar-refractivity contribution in [2.45, 2.75) is 18.7 Å². The minimum absolute atomic E-state index is 0.0117. The van der Waals surface area contributed by atoms with Crippen molar-refractivity contribution in [1.82, 2.24) is 0 Å². The molecule has 0 aliphatic heterocycles. The summed E-state index contributed by atoms with van der Waals surface area (Å²) in [5.41, 5.74) is 2.32. The lowest BCUT2D eigenvalue weighted by Gasteiger charge is -2.15. The van der Waals surface area contributed by atoms with Gasteiger partial charge in [-0.15, -0.1) is 0 Å². The molecule has 0 aromatic heterocycles. The zero-order valence-corrected chi connectivity index (χ0v) is 21.5. The molecule has 0 N–H and O–H groups in total. The number of nitrogens with zero attached hydrogens (tertiary/aromatic N) is 1. The Labute approximate surface area is 211 Å². The number of allylic oxidation sites excluding steroid dienone is 1. The van der Waals surface area contributed by atoms with E-state index in [0.717, 1.165) is 5.56 Å². The van der Waals surface area contributed by atoms with Crippen LogP contribution in [0.1, 0.15) is 23.6 Å². The van der Waals surface area contributed by atoms with Crippen molar-refractivity contribution < 1.29 is 17.3 Å². The Morgan fingerprint density at radius 3 is 2.42 bits per heavy atom. The molecule has 0 saturated heterocycles. The Morgan fingerprint density at radius 1 is 1.12 bits per heavy atom. The lowest BCUT2D eigenvalue weighted by Crippen LogP contribution is -2.11. The number of nitriles is 1. The first kappa shape index (κ1) is 25.1. The third-order valence-corrected chi connectivity index (χ3v) is 6.86. The predicted octanol–water partition coefficient (Wildman–Crippen LogP) is 7.29. The fraction of sp³-hybridized carbons (Fsp3) is 0.125. The molecule has 33 heavy (non-hydrogen) atoms. The first-order valence-electron chi connectivity index (χ1n) is 9.69. The van der Waals surface area contributed by atoms with Crippen molar-refractivity contribution in [1.29, 1.82) is 5.26 Å². The molecular formula is C24H18BrCl2NO4S. The zero-order chi connectivity index (χ0) is 24.2. The number of ether oxygens (including phenoxy) is 1. The summed E-state index contributed by atoms with van der Waals surface area (Å²) in [6.07, 6.45) is 1.61. The van der Waals surface area contributed by atoms with Gasteiger partial charge < -0.3 is 8.92 Å². The lowest BCUT2D eigenvalue weighted by molar-refractivity contribution is 0.327. The fourth-order valence-corrected chi connectivity index (χ4v) is 5.04. The number of hydrogen-bond donors (Lipinski definition) is 0. The van der Waals surface area contributed by atoms with Crippen molar-refractivity contribution in [2.24, 2.45) is 0 Å². The maximum absolute atomic E-state index is 12.8. The standard InChI is InChI=1S/C24H18BrCl2NO4S/c1-3-31-23-12-16(10-17(14-28)20-9-6-18(26)13-22(20)27)11-21(25)24(23)32-33(29,30)19-7-4-15(2)5-8-19/h4-13H,3H2,1-2H3/b17-10+. The largest absolute Gasteiger partial charge is 0.490 e. The van der Waals surface area contributed by atoms with Crippen LogP contribution < -0.4 is 8.92 Å². The maximum Gasteiger partial charge on any atom is 0.339 e. The first-order chi connectivity index (χ1) is 15.6. The van der Waals surface area contributed by atoms with Gasteiger partial charge in [-0.05, 0) is 77.8 Å². The summed E-state index contributed by atoms with van der Waals surface area (Å²) in [4.78, 5) is 0.0237. The minimum Gasteiger partial charge on any atom is -0.490 e. The van der Waals surface area contributed by atoms with Gasteiger partial charge >= 0.3 is 10.1 Å². The topological polar surface area (TPSA) is 76.4 Å². The van der Waals surface area contributed by atoms with E-state index in [0.29, 0.717) is 31.2 Å². The van der Waals surface area contributed by atoms with E-state index in [9.17, 15) is 13.7 Å². The van der Waals surface area contributed by atoms with E-state index in [2.05, 4.69) is 22.0 Å². The van der Waals surface area contributed by atoms with Crippen LogP contribution in [0.5, 0.6) is 11.5 Å². The monoisotopic (exact) mass is 565 g/mol. The van der Waals surface area contributed by atoms with Crippen LogP contribution in [-0.2, 0) is 10.1 Å². The molecule has 3 rings (SSSR count). The van der Waals surface area contributed by atoms with Gasteiger partial charge in [0.25, 0.3) is 0 Å². The highest BCUT2D eigenvalue weighted by Crippen LogP contribution is 2.40. The van der Waals surface area contributed by atoms with E-state index in [1.165, 1.54) is 12.1 Å². The second kappa shape index (κ2) is 10.6. The van der Waals surface area contributed by atoms with Crippen molar-refractivity contribution in [3.8, 4) is 17.6 Å². The molecule has 0 fully saturated rings. The molecule has 0 aliphatic carbocycles. The summed E-state index contributed by atoms with van der Waals surface area (Å²) in [7, 11) is -4.09. The Bertz CT molecular complexity index is 1360. The molecule has 170 valence electrons. The first-order valence-corrected chi connectivity index (χ1v) is 12.6. The third-order valence-electron chi connectivity index (χ3n) is 4.49. The Hall–Kier alpha value is -2.50. The van der Waals surface area contributed by atoms with Crippen LogP contribution in [-0.4, -0.2) is 15.0 Å². The maximum atomic E-state index is 12.8. The van der Waals surface area contributed by atoms with E-state index >= 15 is 0 Å². The van der Waals surface area contributed by atoms with Gasteiger partial charge in [0.05, 0.1) is 27.7 Å². The summed E-state index contributed by atoms with van der Waals surface area (Å²) in [5, 5.41) is 10.5. The number of benzene rings is 3. The van der Waals surface area contributed by atoms with Crippen LogP contribution in [0.2, 0.25) is 10.0 Å². The molecule has 0 spiro atoms. The molecule has 0 aliphatic rings. The summed E-state index contributed by atoms with van der Waals surface area (Å²) in [6.45, 7) is 3.90. The van der Waals surface area contributed by atoms with Gasteiger partial charge in [0.2, 0.25) is 0 Å². The van der Waals surface area contributed by atoms with Gasteiger partial charge in [-0.1, -0.05) is 47.0 Å². The molecule has 3 aromatic rings. The summed E-state index contributed by atoms with van der Waals surface area (Å²) >= 11 is 15.6. The van der Waals surface area contributed by atoms with E-state index in [1.807, 2.05) is 6.92 Å². The van der Waals surface area contributed by atoms with Crippen LogP contribution in [0.15, 0.2) is 64.0 Å². The molecular weight excluding hydrogens is 549 g/mol. The van der Waals surface area contributed by atoms with E-state index in [1.54, 1.807) is 55.5 Å². The molecule has 0 radical (unpaired) electrons. The molecule has 0 atom stereocenters. The normalized spacial score (nSPS) is 11.7. The smallest absolute Gasteiger partial charge is 0.339 e. The summed E-state index contributed by atoms with van der Waals surface area (Å²) < 4.78 is 37.0. The van der Waals surface area contributed by atoms with Crippen molar-refractivity contribution >= 4 is 60.9 Å². The molecule has 3 aromatic carbocycles. The van der Waals surface area contributed by atoms with E-state index in [-0.39, 0.29) is 23.0 Å². The van der Waals surface area contributed by atoms with Gasteiger partial charge in [0.1, 0.15) is 4.90 Å². The van der Waals surface area contributed by atoms with Crippen LogP contribution in [0.3, 0.4) is 0 Å². The highest BCUT2D eigenvalue weighted by atomic mass is 79.9. The Kier molecular flexibility index (Phi) is 8.09. The van der Waals surface area contributed by atoms with E-state index < -0.39 is 10.1 Å². The molecule has 0 heterocycles. The average molecular weight is 567 g/mol.